The third kappa shape index (κ3) is 8.27. The summed E-state index contributed by atoms with van der Waals surface area (Å²) in [6.07, 6.45) is 8.56. The van der Waals surface area contributed by atoms with Gasteiger partial charge in [-0.3, -0.25) is 0 Å². The molecule has 3 nitrogen and oxygen atoms in total. The highest BCUT2D eigenvalue weighted by molar-refractivity contribution is 5.28. The van der Waals surface area contributed by atoms with Gasteiger partial charge >= 0.3 is 0 Å². The van der Waals surface area contributed by atoms with Gasteiger partial charge in [-0.05, 0) is 36.8 Å². The van der Waals surface area contributed by atoms with E-state index in [1.54, 1.807) is 7.11 Å². The molecule has 1 heterocycles. The third-order valence-electron chi connectivity index (χ3n) is 3.47. The SMILES string of the molecule is CC.CCC/C(=C\C(CC(N)CC)=C1/CCCO1)COC. The number of allylic oxidation sites excluding steroid dienone is 2. The second-order valence-electron chi connectivity index (χ2n) is 5.26. The van der Waals surface area contributed by atoms with E-state index in [2.05, 4.69) is 19.9 Å². The van der Waals surface area contributed by atoms with Gasteiger partial charge in [0.15, 0.2) is 0 Å². The Morgan fingerprint density at radius 3 is 2.57 bits per heavy atom. The van der Waals surface area contributed by atoms with Crippen molar-refractivity contribution in [1.82, 2.24) is 0 Å². The molecule has 0 amide bonds. The topological polar surface area (TPSA) is 44.5 Å². The third-order valence-corrected chi connectivity index (χ3v) is 3.47. The molecular formula is C18H35NO2. The van der Waals surface area contributed by atoms with E-state index < -0.39 is 0 Å². The largest absolute Gasteiger partial charge is 0.498 e. The van der Waals surface area contributed by atoms with Crippen molar-refractivity contribution in [2.24, 2.45) is 5.73 Å². The van der Waals surface area contributed by atoms with Gasteiger partial charge in [0.05, 0.1) is 19.0 Å². The van der Waals surface area contributed by atoms with Crippen molar-refractivity contribution in [2.75, 3.05) is 20.3 Å². The van der Waals surface area contributed by atoms with E-state index in [-0.39, 0.29) is 6.04 Å². The van der Waals surface area contributed by atoms with Gasteiger partial charge in [0.2, 0.25) is 0 Å². The van der Waals surface area contributed by atoms with E-state index in [0.29, 0.717) is 6.61 Å². The van der Waals surface area contributed by atoms with Gasteiger partial charge in [-0.15, -0.1) is 0 Å². The van der Waals surface area contributed by atoms with E-state index in [1.807, 2.05) is 13.8 Å². The first-order valence-corrected chi connectivity index (χ1v) is 8.50. The molecule has 0 spiro atoms. The number of ether oxygens (including phenoxy) is 2. The predicted molar refractivity (Wildman–Crippen MR) is 91.3 cm³/mol. The minimum Gasteiger partial charge on any atom is -0.498 e. The standard InChI is InChI=1S/C16H29NO2.C2H6/c1-4-7-13(12-18-3)10-14(11-15(17)5-2)16-8-6-9-19-16;1-2/h10,15H,4-9,11-12,17H2,1-3H3;1-2H3/b13-10+,16-14-;. The summed E-state index contributed by atoms with van der Waals surface area (Å²) in [6.45, 7) is 9.88. The van der Waals surface area contributed by atoms with Crippen molar-refractivity contribution in [2.45, 2.75) is 72.3 Å². The van der Waals surface area contributed by atoms with Gasteiger partial charge < -0.3 is 15.2 Å². The van der Waals surface area contributed by atoms with Crippen LogP contribution in [0.3, 0.4) is 0 Å². The van der Waals surface area contributed by atoms with Gasteiger partial charge in [0.1, 0.15) is 0 Å². The van der Waals surface area contributed by atoms with E-state index in [1.165, 1.54) is 11.1 Å². The molecule has 1 atom stereocenters. The van der Waals surface area contributed by atoms with Crippen LogP contribution < -0.4 is 5.73 Å². The van der Waals surface area contributed by atoms with Crippen molar-refractivity contribution in [3.63, 3.8) is 0 Å². The van der Waals surface area contributed by atoms with Crippen LogP contribution in [0.1, 0.15) is 66.2 Å². The summed E-state index contributed by atoms with van der Waals surface area (Å²) in [4.78, 5) is 0. The normalized spacial score (nSPS) is 18.7. The molecule has 0 radical (unpaired) electrons. The summed E-state index contributed by atoms with van der Waals surface area (Å²) in [5, 5.41) is 0. The maximum absolute atomic E-state index is 6.11. The van der Waals surface area contributed by atoms with Crippen LogP contribution in [0, 0.1) is 0 Å². The van der Waals surface area contributed by atoms with Gasteiger partial charge in [-0.1, -0.05) is 40.2 Å². The Morgan fingerprint density at radius 1 is 1.38 bits per heavy atom. The average molecular weight is 297 g/mol. The lowest BCUT2D eigenvalue weighted by molar-refractivity contribution is 0.222. The fourth-order valence-corrected chi connectivity index (χ4v) is 2.37. The molecule has 0 saturated carbocycles. The quantitative estimate of drug-likeness (QED) is 0.713. The van der Waals surface area contributed by atoms with Crippen molar-refractivity contribution >= 4 is 0 Å². The summed E-state index contributed by atoms with van der Waals surface area (Å²) in [5.74, 6) is 1.15. The molecule has 1 fully saturated rings. The fraction of sp³-hybridized carbons (Fsp3) is 0.778. The highest BCUT2D eigenvalue weighted by atomic mass is 16.5. The van der Waals surface area contributed by atoms with Crippen molar-refractivity contribution in [3.8, 4) is 0 Å². The van der Waals surface area contributed by atoms with E-state index >= 15 is 0 Å². The molecule has 3 heteroatoms. The molecule has 0 aromatic rings. The molecule has 21 heavy (non-hydrogen) atoms. The van der Waals surface area contributed by atoms with Crippen LogP contribution in [0.5, 0.6) is 0 Å². The Bertz CT molecular complexity index is 305. The summed E-state index contributed by atoms with van der Waals surface area (Å²) < 4.78 is 11.0. The molecule has 124 valence electrons. The predicted octanol–water partition coefficient (Wildman–Crippen LogP) is 4.58. The molecule has 1 aliphatic heterocycles. The molecule has 1 aliphatic rings. The number of nitrogens with two attached hydrogens (primary N) is 1. The van der Waals surface area contributed by atoms with Crippen LogP contribution >= 0.6 is 0 Å². The smallest absolute Gasteiger partial charge is 0.0993 e. The van der Waals surface area contributed by atoms with E-state index in [0.717, 1.165) is 50.9 Å². The van der Waals surface area contributed by atoms with Crippen LogP contribution in [0.2, 0.25) is 0 Å². The lowest BCUT2D eigenvalue weighted by atomic mass is 9.98. The first kappa shape index (κ1) is 20.2. The van der Waals surface area contributed by atoms with Crippen molar-refractivity contribution in [1.29, 1.82) is 0 Å². The highest BCUT2D eigenvalue weighted by Crippen LogP contribution is 2.26. The summed E-state index contributed by atoms with van der Waals surface area (Å²) in [7, 11) is 1.75. The van der Waals surface area contributed by atoms with Crippen LogP contribution in [0.25, 0.3) is 0 Å². The van der Waals surface area contributed by atoms with Crippen LogP contribution in [0.4, 0.5) is 0 Å². The molecule has 0 aromatic heterocycles. The zero-order chi connectivity index (χ0) is 16.1. The van der Waals surface area contributed by atoms with Gasteiger partial charge in [-0.25, -0.2) is 0 Å². The van der Waals surface area contributed by atoms with Crippen molar-refractivity contribution in [3.05, 3.63) is 23.0 Å². The Hall–Kier alpha value is -0.800. The lowest BCUT2D eigenvalue weighted by Gasteiger charge is -2.14. The first-order chi connectivity index (χ1) is 10.2. The first-order valence-electron chi connectivity index (χ1n) is 8.50. The van der Waals surface area contributed by atoms with Gasteiger partial charge in [0, 0.05) is 19.6 Å². The maximum Gasteiger partial charge on any atom is 0.0993 e. The second kappa shape index (κ2) is 12.9. The highest BCUT2D eigenvalue weighted by Gasteiger charge is 2.15. The van der Waals surface area contributed by atoms with Crippen LogP contribution in [0.15, 0.2) is 23.0 Å². The number of methoxy groups -OCH3 is 1. The molecule has 1 rings (SSSR count). The van der Waals surface area contributed by atoms with Crippen molar-refractivity contribution < 1.29 is 9.47 Å². The Balaban J connectivity index is 0.00000191. The number of hydrogen-bond acceptors (Lipinski definition) is 3. The Labute approximate surface area is 131 Å². The zero-order valence-corrected chi connectivity index (χ0v) is 14.7. The minimum absolute atomic E-state index is 0.216. The molecule has 2 N–H and O–H groups in total. The average Bonchev–Trinajstić information content (AvgIpc) is 3.03. The molecular weight excluding hydrogens is 262 g/mol. The van der Waals surface area contributed by atoms with E-state index in [9.17, 15) is 0 Å². The molecule has 0 aliphatic carbocycles. The summed E-state index contributed by atoms with van der Waals surface area (Å²) in [6, 6.07) is 0.216. The minimum atomic E-state index is 0.216. The number of hydrogen-bond donors (Lipinski definition) is 1. The second-order valence-corrected chi connectivity index (χ2v) is 5.26. The lowest BCUT2D eigenvalue weighted by Crippen LogP contribution is -2.19. The van der Waals surface area contributed by atoms with Crippen LogP contribution in [-0.4, -0.2) is 26.4 Å². The van der Waals surface area contributed by atoms with E-state index in [4.69, 9.17) is 15.2 Å². The monoisotopic (exact) mass is 297 g/mol. The Kier molecular flexibility index (Phi) is 12.4. The maximum atomic E-state index is 6.11. The van der Waals surface area contributed by atoms with Gasteiger partial charge in [-0.2, -0.15) is 0 Å². The van der Waals surface area contributed by atoms with Gasteiger partial charge in [0.25, 0.3) is 0 Å². The molecule has 1 unspecified atom stereocenters. The summed E-state index contributed by atoms with van der Waals surface area (Å²) >= 11 is 0. The number of rotatable bonds is 8. The molecule has 0 aromatic carbocycles. The Morgan fingerprint density at radius 2 is 2.10 bits per heavy atom. The molecule has 0 bridgehead atoms. The fourth-order valence-electron chi connectivity index (χ4n) is 2.37. The molecule has 1 saturated heterocycles. The summed E-state index contributed by atoms with van der Waals surface area (Å²) in [5.41, 5.74) is 8.74. The van der Waals surface area contributed by atoms with Crippen LogP contribution in [-0.2, 0) is 9.47 Å². The zero-order valence-electron chi connectivity index (χ0n) is 14.7.